The molecule has 0 saturated carbocycles. The third kappa shape index (κ3) is 5.87. The van der Waals surface area contributed by atoms with E-state index >= 15 is 0 Å². The van der Waals surface area contributed by atoms with E-state index < -0.39 is 5.82 Å². The summed E-state index contributed by atoms with van der Waals surface area (Å²) in [6.07, 6.45) is 4.17. The predicted molar refractivity (Wildman–Crippen MR) is 129 cm³/mol. The molecule has 1 fully saturated rings. The third-order valence-corrected chi connectivity index (χ3v) is 5.94. The Kier molecular flexibility index (Phi) is 6.65. The number of nitrogens with zero attached hydrogens (tertiary/aromatic N) is 4. The first-order valence-corrected chi connectivity index (χ1v) is 11.5. The predicted octanol–water partition coefficient (Wildman–Crippen LogP) is 4.31. The Bertz CT molecular complexity index is 1030. The van der Waals surface area contributed by atoms with E-state index in [0.717, 1.165) is 38.2 Å². The summed E-state index contributed by atoms with van der Waals surface area (Å²) in [6.45, 7) is 14.4. The standard InChI is InChI=1S/C25H33FN6O/c1-5-22(33)32-10-6-7-20(15-32)28-23-21(26)12-27-24(30-23)29-19-9-8-17-13-31(14-18(17)11-19)16-25(2,3)4/h5,8-9,11-12,20H,1,6-7,10,13-16H2,2-4H3,(H2,27,28,29,30). The lowest BCUT2D eigenvalue weighted by molar-refractivity contribution is -0.127. The van der Waals surface area contributed by atoms with Crippen LogP contribution >= 0.6 is 0 Å². The number of aromatic nitrogens is 2. The number of likely N-dealkylation sites (tertiary alicyclic amines) is 1. The van der Waals surface area contributed by atoms with E-state index in [-0.39, 0.29) is 23.2 Å². The van der Waals surface area contributed by atoms with Crippen molar-refractivity contribution in [3.63, 3.8) is 0 Å². The van der Waals surface area contributed by atoms with Gasteiger partial charge in [0.1, 0.15) is 0 Å². The Morgan fingerprint density at radius 2 is 2.09 bits per heavy atom. The Labute approximate surface area is 195 Å². The van der Waals surface area contributed by atoms with Crippen molar-refractivity contribution in [1.82, 2.24) is 19.8 Å². The lowest BCUT2D eigenvalue weighted by Crippen LogP contribution is -2.44. The summed E-state index contributed by atoms with van der Waals surface area (Å²) in [5.74, 6) is -0.148. The van der Waals surface area contributed by atoms with Gasteiger partial charge in [-0.2, -0.15) is 4.98 Å². The van der Waals surface area contributed by atoms with Gasteiger partial charge in [-0.3, -0.25) is 9.69 Å². The van der Waals surface area contributed by atoms with Gasteiger partial charge in [-0.25, -0.2) is 9.37 Å². The maximum atomic E-state index is 14.4. The molecule has 2 aromatic rings. The number of nitrogens with one attached hydrogen (secondary N) is 2. The minimum atomic E-state index is -0.514. The Morgan fingerprint density at radius 3 is 2.85 bits per heavy atom. The van der Waals surface area contributed by atoms with Crippen molar-refractivity contribution in [2.45, 2.75) is 52.7 Å². The van der Waals surface area contributed by atoms with Crippen LogP contribution in [0.1, 0.15) is 44.7 Å². The average Bonchev–Trinajstić information content (AvgIpc) is 3.15. The molecule has 1 aromatic carbocycles. The van der Waals surface area contributed by atoms with Crippen molar-refractivity contribution in [2.75, 3.05) is 30.3 Å². The van der Waals surface area contributed by atoms with Crippen LogP contribution in [-0.2, 0) is 17.9 Å². The second kappa shape index (κ2) is 9.47. The van der Waals surface area contributed by atoms with Gasteiger partial charge in [-0.1, -0.05) is 33.4 Å². The number of carbonyl (C=O) groups is 1. The quantitative estimate of drug-likeness (QED) is 0.637. The monoisotopic (exact) mass is 452 g/mol. The fourth-order valence-electron chi connectivity index (χ4n) is 4.60. The molecule has 4 rings (SSSR count). The van der Waals surface area contributed by atoms with E-state index in [1.165, 1.54) is 23.4 Å². The molecule has 33 heavy (non-hydrogen) atoms. The zero-order chi connectivity index (χ0) is 23.6. The molecule has 1 amide bonds. The molecule has 2 aliphatic rings. The molecule has 1 saturated heterocycles. The van der Waals surface area contributed by atoms with E-state index in [1.807, 2.05) is 6.07 Å². The van der Waals surface area contributed by atoms with Crippen LogP contribution in [0.5, 0.6) is 0 Å². The van der Waals surface area contributed by atoms with Gasteiger partial charge >= 0.3 is 0 Å². The van der Waals surface area contributed by atoms with Crippen LogP contribution in [0, 0.1) is 11.2 Å². The van der Waals surface area contributed by atoms with E-state index in [2.05, 4.69) is 65.0 Å². The van der Waals surface area contributed by atoms with Crippen molar-refractivity contribution < 1.29 is 9.18 Å². The first-order chi connectivity index (χ1) is 15.7. The fourth-order valence-corrected chi connectivity index (χ4v) is 4.60. The fraction of sp³-hybridized carbons (Fsp3) is 0.480. The van der Waals surface area contributed by atoms with Gasteiger partial charge in [-0.05, 0) is 47.6 Å². The summed E-state index contributed by atoms with van der Waals surface area (Å²) >= 11 is 0. The van der Waals surface area contributed by atoms with E-state index in [1.54, 1.807) is 4.90 Å². The normalized spacial score (nSPS) is 18.7. The summed E-state index contributed by atoms with van der Waals surface area (Å²) in [4.78, 5) is 24.6. The number of anilines is 3. The maximum absolute atomic E-state index is 14.4. The highest BCUT2D eigenvalue weighted by Crippen LogP contribution is 2.29. The summed E-state index contributed by atoms with van der Waals surface area (Å²) in [5, 5.41) is 6.36. The zero-order valence-electron chi connectivity index (χ0n) is 19.7. The molecule has 2 N–H and O–H groups in total. The largest absolute Gasteiger partial charge is 0.363 e. The minimum absolute atomic E-state index is 0.0753. The van der Waals surface area contributed by atoms with Crippen LogP contribution in [0.4, 0.5) is 21.8 Å². The van der Waals surface area contributed by atoms with Crippen LogP contribution in [0.2, 0.25) is 0 Å². The van der Waals surface area contributed by atoms with E-state index in [4.69, 9.17) is 0 Å². The topological polar surface area (TPSA) is 73.4 Å². The molecule has 176 valence electrons. The Balaban J connectivity index is 1.42. The average molecular weight is 453 g/mol. The number of carbonyl (C=O) groups excluding carboxylic acids is 1. The van der Waals surface area contributed by atoms with E-state index in [0.29, 0.717) is 19.0 Å². The summed E-state index contributed by atoms with van der Waals surface area (Å²) < 4.78 is 14.4. The summed E-state index contributed by atoms with van der Waals surface area (Å²) in [5.41, 5.74) is 3.76. The van der Waals surface area contributed by atoms with Crippen LogP contribution in [-0.4, -0.2) is 51.4 Å². The van der Waals surface area contributed by atoms with Gasteiger partial charge < -0.3 is 15.5 Å². The minimum Gasteiger partial charge on any atom is -0.363 e. The highest BCUT2D eigenvalue weighted by molar-refractivity contribution is 5.87. The van der Waals surface area contributed by atoms with Crippen molar-refractivity contribution >= 4 is 23.4 Å². The first kappa shape index (κ1) is 23.2. The molecular weight excluding hydrogens is 419 g/mol. The number of hydrogen-bond acceptors (Lipinski definition) is 6. The molecule has 1 atom stereocenters. The van der Waals surface area contributed by atoms with Crippen LogP contribution in [0.3, 0.4) is 0 Å². The number of benzene rings is 1. The maximum Gasteiger partial charge on any atom is 0.246 e. The van der Waals surface area contributed by atoms with Gasteiger partial charge in [-0.15, -0.1) is 0 Å². The lowest BCUT2D eigenvalue weighted by Gasteiger charge is -2.32. The molecule has 0 bridgehead atoms. The van der Waals surface area contributed by atoms with Crippen molar-refractivity contribution in [1.29, 1.82) is 0 Å². The van der Waals surface area contributed by atoms with Crippen LogP contribution in [0.25, 0.3) is 0 Å². The highest BCUT2D eigenvalue weighted by atomic mass is 19.1. The van der Waals surface area contributed by atoms with Gasteiger partial charge in [0.25, 0.3) is 0 Å². The second-order valence-electron chi connectivity index (χ2n) is 10.2. The van der Waals surface area contributed by atoms with Gasteiger partial charge in [0.05, 0.1) is 6.20 Å². The van der Waals surface area contributed by atoms with Crippen LogP contribution in [0.15, 0.2) is 37.1 Å². The number of hydrogen-bond donors (Lipinski definition) is 2. The van der Waals surface area contributed by atoms with Crippen LogP contribution < -0.4 is 10.6 Å². The summed E-state index contributed by atoms with van der Waals surface area (Å²) in [6, 6.07) is 6.20. The van der Waals surface area contributed by atoms with Gasteiger partial charge in [0.15, 0.2) is 11.6 Å². The number of fused-ring (bicyclic) bond motifs is 1. The molecule has 8 heteroatoms. The van der Waals surface area contributed by atoms with E-state index in [9.17, 15) is 9.18 Å². The molecule has 2 aliphatic heterocycles. The Morgan fingerprint density at radius 1 is 1.30 bits per heavy atom. The van der Waals surface area contributed by atoms with Crippen molar-refractivity contribution in [3.8, 4) is 0 Å². The summed E-state index contributed by atoms with van der Waals surface area (Å²) in [7, 11) is 0. The zero-order valence-corrected chi connectivity index (χ0v) is 19.7. The molecule has 0 spiro atoms. The second-order valence-corrected chi connectivity index (χ2v) is 10.2. The Hall–Kier alpha value is -3.00. The van der Waals surface area contributed by atoms with Crippen molar-refractivity contribution in [2.24, 2.45) is 5.41 Å². The third-order valence-electron chi connectivity index (χ3n) is 5.94. The highest BCUT2D eigenvalue weighted by Gasteiger charge is 2.25. The van der Waals surface area contributed by atoms with Gasteiger partial charge in [0.2, 0.25) is 11.9 Å². The SMILES string of the molecule is C=CC(=O)N1CCCC(Nc2nc(Nc3ccc4c(c3)CN(CC(C)(C)C)C4)ncc2F)C1. The molecular formula is C25H33FN6O. The molecule has 1 aromatic heterocycles. The number of piperidine rings is 1. The molecule has 0 aliphatic carbocycles. The lowest BCUT2D eigenvalue weighted by atomic mass is 9.96. The smallest absolute Gasteiger partial charge is 0.246 e. The number of halogens is 1. The molecule has 7 nitrogen and oxygen atoms in total. The van der Waals surface area contributed by atoms with Crippen molar-refractivity contribution in [3.05, 3.63) is 54.0 Å². The van der Waals surface area contributed by atoms with Gasteiger partial charge in [0, 0.05) is 44.5 Å². The first-order valence-electron chi connectivity index (χ1n) is 11.5. The number of rotatable bonds is 6. The number of amides is 1. The molecule has 1 unspecified atom stereocenters. The molecule has 0 radical (unpaired) electrons. The molecule has 3 heterocycles.